The molecule has 0 atom stereocenters. The number of ether oxygens (including phenoxy) is 2. The molecule has 6 heteroatoms. The third-order valence-corrected chi connectivity index (χ3v) is 3.13. The van der Waals surface area contributed by atoms with Gasteiger partial charge in [-0.2, -0.15) is 0 Å². The zero-order valence-electron chi connectivity index (χ0n) is 11.8. The smallest absolute Gasteiger partial charge is 0.258 e. The van der Waals surface area contributed by atoms with E-state index in [0.717, 1.165) is 0 Å². The van der Waals surface area contributed by atoms with E-state index in [4.69, 9.17) is 9.47 Å². The van der Waals surface area contributed by atoms with Crippen LogP contribution in [0.3, 0.4) is 0 Å². The lowest BCUT2D eigenvalue weighted by Crippen LogP contribution is -2.13. The van der Waals surface area contributed by atoms with Crippen molar-refractivity contribution in [1.29, 1.82) is 0 Å². The molecule has 0 amide bonds. The molecular formula is C16H13FN2O3. The number of hydrogen-bond donors (Lipinski definition) is 1. The summed E-state index contributed by atoms with van der Waals surface area (Å²) in [6, 6.07) is 10.8. The third kappa shape index (κ3) is 2.90. The summed E-state index contributed by atoms with van der Waals surface area (Å²) in [6.45, 7) is 0.0423. The van der Waals surface area contributed by atoms with Crippen molar-refractivity contribution in [3.8, 4) is 11.5 Å². The average Bonchev–Trinajstić information content (AvgIpc) is 2.53. The van der Waals surface area contributed by atoms with Crippen LogP contribution in [-0.4, -0.2) is 17.1 Å². The highest BCUT2D eigenvalue weighted by Crippen LogP contribution is 2.17. The molecule has 0 aliphatic heterocycles. The Morgan fingerprint density at radius 2 is 2.05 bits per heavy atom. The van der Waals surface area contributed by atoms with Crippen LogP contribution in [0.2, 0.25) is 0 Å². The molecule has 0 fully saturated rings. The van der Waals surface area contributed by atoms with Crippen molar-refractivity contribution in [1.82, 2.24) is 9.97 Å². The molecule has 0 saturated heterocycles. The minimum Gasteiger partial charge on any atom is -0.497 e. The second-order valence-electron chi connectivity index (χ2n) is 4.64. The second-order valence-corrected chi connectivity index (χ2v) is 4.64. The quantitative estimate of drug-likeness (QED) is 0.804. The van der Waals surface area contributed by atoms with E-state index in [0.29, 0.717) is 28.2 Å². The Morgan fingerprint density at radius 3 is 2.82 bits per heavy atom. The first-order valence-corrected chi connectivity index (χ1v) is 6.61. The molecule has 0 aliphatic carbocycles. The van der Waals surface area contributed by atoms with Gasteiger partial charge >= 0.3 is 0 Å². The molecular weight excluding hydrogens is 287 g/mol. The number of benzene rings is 2. The maximum absolute atomic E-state index is 13.1. The molecule has 1 N–H and O–H groups in total. The van der Waals surface area contributed by atoms with Crippen molar-refractivity contribution in [3.63, 3.8) is 0 Å². The monoisotopic (exact) mass is 300 g/mol. The predicted octanol–water partition coefficient (Wildman–Crippen LogP) is 2.65. The van der Waals surface area contributed by atoms with Crippen LogP contribution in [-0.2, 0) is 6.61 Å². The van der Waals surface area contributed by atoms with Gasteiger partial charge in [-0.3, -0.25) is 4.79 Å². The predicted molar refractivity (Wildman–Crippen MR) is 79.6 cm³/mol. The molecule has 3 rings (SSSR count). The maximum Gasteiger partial charge on any atom is 0.258 e. The first kappa shape index (κ1) is 14.1. The number of nitrogens with zero attached hydrogens (tertiary/aromatic N) is 1. The third-order valence-electron chi connectivity index (χ3n) is 3.13. The van der Waals surface area contributed by atoms with Crippen molar-refractivity contribution < 1.29 is 13.9 Å². The van der Waals surface area contributed by atoms with Gasteiger partial charge < -0.3 is 14.5 Å². The van der Waals surface area contributed by atoms with Crippen molar-refractivity contribution in [2.24, 2.45) is 0 Å². The number of fused-ring (bicyclic) bond motifs is 1. The Kier molecular flexibility index (Phi) is 3.74. The molecule has 0 bridgehead atoms. The molecule has 5 nitrogen and oxygen atoms in total. The van der Waals surface area contributed by atoms with Gasteiger partial charge in [-0.15, -0.1) is 0 Å². The number of H-pyrrole nitrogens is 1. The number of nitrogens with one attached hydrogen (secondary N) is 1. The van der Waals surface area contributed by atoms with E-state index >= 15 is 0 Å². The van der Waals surface area contributed by atoms with Crippen molar-refractivity contribution in [2.75, 3.05) is 7.11 Å². The molecule has 0 spiro atoms. The van der Waals surface area contributed by atoms with Crippen molar-refractivity contribution >= 4 is 10.9 Å². The van der Waals surface area contributed by atoms with Gasteiger partial charge in [0.2, 0.25) is 0 Å². The van der Waals surface area contributed by atoms with E-state index in [1.807, 2.05) is 0 Å². The minimum absolute atomic E-state index is 0.0423. The van der Waals surface area contributed by atoms with Gasteiger partial charge in [-0.1, -0.05) is 6.07 Å². The van der Waals surface area contributed by atoms with Crippen LogP contribution in [0.15, 0.2) is 47.3 Å². The fraction of sp³-hybridized carbons (Fsp3) is 0.125. The molecule has 0 saturated carbocycles. The minimum atomic E-state index is -0.385. The van der Waals surface area contributed by atoms with Gasteiger partial charge in [-0.05, 0) is 30.3 Å². The summed E-state index contributed by atoms with van der Waals surface area (Å²) < 4.78 is 23.6. The lowest BCUT2D eigenvalue weighted by Gasteiger charge is -2.07. The molecule has 2 aromatic carbocycles. The highest BCUT2D eigenvalue weighted by atomic mass is 19.1. The van der Waals surface area contributed by atoms with E-state index in [9.17, 15) is 9.18 Å². The molecule has 0 radical (unpaired) electrons. The summed E-state index contributed by atoms with van der Waals surface area (Å²) >= 11 is 0. The van der Waals surface area contributed by atoms with Crippen LogP contribution in [0.25, 0.3) is 10.9 Å². The van der Waals surface area contributed by atoms with Crippen LogP contribution in [0, 0.1) is 5.82 Å². The Balaban J connectivity index is 1.87. The SMILES string of the molecule is COc1ccc2nc(COc3cccc(F)c3)[nH]c(=O)c2c1. The highest BCUT2D eigenvalue weighted by molar-refractivity contribution is 5.79. The van der Waals surface area contributed by atoms with Gasteiger partial charge in [0.1, 0.15) is 29.7 Å². The largest absolute Gasteiger partial charge is 0.497 e. The standard InChI is InChI=1S/C16H13FN2O3/c1-21-11-5-6-14-13(8-11)16(20)19-15(18-14)9-22-12-4-2-3-10(17)7-12/h2-8H,9H2,1H3,(H,18,19,20). The van der Waals surface area contributed by atoms with E-state index in [2.05, 4.69) is 9.97 Å². The Hall–Kier alpha value is -2.89. The Bertz CT molecular complexity index is 877. The van der Waals surface area contributed by atoms with Gasteiger partial charge in [0, 0.05) is 6.07 Å². The molecule has 1 aromatic heterocycles. The zero-order chi connectivity index (χ0) is 15.5. The number of aromatic amines is 1. The number of halogens is 1. The molecule has 1 heterocycles. The number of methoxy groups -OCH3 is 1. The molecule has 0 unspecified atom stereocenters. The molecule has 112 valence electrons. The molecule has 22 heavy (non-hydrogen) atoms. The van der Waals surface area contributed by atoms with Crippen LogP contribution in [0.5, 0.6) is 11.5 Å². The summed E-state index contributed by atoms with van der Waals surface area (Å²) in [5.41, 5.74) is 0.268. The van der Waals surface area contributed by atoms with Crippen LogP contribution >= 0.6 is 0 Å². The fourth-order valence-electron chi connectivity index (χ4n) is 2.07. The van der Waals surface area contributed by atoms with Crippen LogP contribution < -0.4 is 15.0 Å². The summed E-state index contributed by atoms with van der Waals surface area (Å²) in [5.74, 6) is 0.942. The normalized spacial score (nSPS) is 10.6. The summed E-state index contributed by atoms with van der Waals surface area (Å²) in [5, 5.41) is 0.439. The lowest BCUT2D eigenvalue weighted by atomic mass is 10.2. The number of hydrogen-bond acceptors (Lipinski definition) is 4. The molecule has 3 aromatic rings. The molecule has 0 aliphatic rings. The fourth-order valence-corrected chi connectivity index (χ4v) is 2.07. The number of aromatic nitrogens is 2. The lowest BCUT2D eigenvalue weighted by molar-refractivity contribution is 0.294. The Labute approximate surface area is 125 Å². The Morgan fingerprint density at radius 1 is 1.18 bits per heavy atom. The van der Waals surface area contributed by atoms with E-state index in [1.54, 1.807) is 30.3 Å². The maximum atomic E-state index is 13.1. The average molecular weight is 300 g/mol. The highest BCUT2D eigenvalue weighted by Gasteiger charge is 2.06. The van der Waals surface area contributed by atoms with Gasteiger partial charge in [0.05, 0.1) is 18.0 Å². The van der Waals surface area contributed by atoms with E-state index in [-0.39, 0.29) is 18.0 Å². The number of rotatable bonds is 4. The van der Waals surface area contributed by atoms with Gasteiger partial charge in [0.25, 0.3) is 5.56 Å². The summed E-state index contributed by atoms with van der Waals surface area (Å²) in [6.07, 6.45) is 0. The van der Waals surface area contributed by atoms with Crippen LogP contribution in [0.1, 0.15) is 5.82 Å². The van der Waals surface area contributed by atoms with Gasteiger partial charge in [0.15, 0.2) is 0 Å². The zero-order valence-corrected chi connectivity index (χ0v) is 11.8. The van der Waals surface area contributed by atoms with E-state index < -0.39 is 0 Å². The van der Waals surface area contributed by atoms with Crippen molar-refractivity contribution in [2.45, 2.75) is 6.61 Å². The summed E-state index contributed by atoms with van der Waals surface area (Å²) in [7, 11) is 1.53. The second kappa shape index (κ2) is 5.85. The van der Waals surface area contributed by atoms with Crippen LogP contribution in [0.4, 0.5) is 4.39 Å². The van der Waals surface area contributed by atoms with Gasteiger partial charge in [-0.25, -0.2) is 9.37 Å². The van der Waals surface area contributed by atoms with Crippen molar-refractivity contribution in [3.05, 3.63) is 64.5 Å². The first-order chi connectivity index (χ1) is 10.7. The first-order valence-electron chi connectivity index (χ1n) is 6.61. The summed E-state index contributed by atoms with van der Waals surface area (Å²) in [4.78, 5) is 19.0. The topological polar surface area (TPSA) is 64.2 Å². The van der Waals surface area contributed by atoms with E-state index in [1.165, 1.54) is 19.2 Å².